The van der Waals surface area contributed by atoms with Gasteiger partial charge >= 0.3 is 0 Å². The summed E-state index contributed by atoms with van der Waals surface area (Å²) in [5.74, 6) is 0.234. The van der Waals surface area contributed by atoms with Crippen LogP contribution in [0.5, 0.6) is 0 Å². The number of nitrogens with two attached hydrogens (primary N) is 2. The Balaban J connectivity index is 1.52. The molecule has 0 fully saturated rings. The van der Waals surface area contributed by atoms with E-state index in [0.29, 0.717) is 0 Å². The van der Waals surface area contributed by atoms with E-state index in [0.717, 1.165) is 30.6 Å². The Morgan fingerprint density at radius 1 is 0.692 bits per heavy atom. The molecule has 2 rings (SSSR count). The van der Waals surface area contributed by atoms with Gasteiger partial charge in [0.15, 0.2) is 0 Å². The van der Waals surface area contributed by atoms with Crippen molar-refractivity contribution in [2.24, 2.45) is 11.5 Å². The lowest BCUT2D eigenvalue weighted by Crippen LogP contribution is -2.15. The van der Waals surface area contributed by atoms with Gasteiger partial charge in [-0.2, -0.15) is 0 Å². The summed E-state index contributed by atoms with van der Waals surface area (Å²) in [7, 11) is 0. The van der Waals surface area contributed by atoms with Crippen molar-refractivity contribution in [3.8, 4) is 0 Å². The van der Waals surface area contributed by atoms with E-state index in [4.69, 9.17) is 22.3 Å². The fourth-order valence-corrected chi connectivity index (χ4v) is 2.82. The zero-order chi connectivity index (χ0) is 18.8. The lowest BCUT2D eigenvalue weighted by molar-refractivity contribution is 0.587. The SMILES string of the molecule is N=C(N)c1ccc(CCCCCCNCc2ccc(C(=N)N)cc2)cc1. The predicted molar refractivity (Wildman–Crippen MR) is 109 cm³/mol. The summed E-state index contributed by atoms with van der Waals surface area (Å²) in [5.41, 5.74) is 15.0. The van der Waals surface area contributed by atoms with Gasteiger partial charge in [0.2, 0.25) is 0 Å². The topological polar surface area (TPSA) is 112 Å². The predicted octanol–water partition coefficient (Wildman–Crippen LogP) is 3.15. The van der Waals surface area contributed by atoms with Crippen LogP contribution < -0.4 is 16.8 Å². The smallest absolute Gasteiger partial charge is 0.122 e. The van der Waals surface area contributed by atoms with E-state index in [-0.39, 0.29) is 11.7 Å². The molecule has 0 aliphatic rings. The fraction of sp³-hybridized carbons (Fsp3) is 0.333. The summed E-state index contributed by atoms with van der Waals surface area (Å²) in [5, 5.41) is 18.2. The van der Waals surface area contributed by atoms with Crippen molar-refractivity contribution in [1.82, 2.24) is 5.32 Å². The van der Waals surface area contributed by atoms with Crippen molar-refractivity contribution in [2.75, 3.05) is 6.54 Å². The monoisotopic (exact) mass is 351 g/mol. The summed E-state index contributed by atoms with van der Waals surface area (Å²) in [6, 6.07) is 15.8. The molecular formula is C21H29N5. The zero-order valence-corrected chi connectivity index (χ0v) is 15.2. The highest BCUT2D eigenvalue weighted by Crippen LogP contribution is 2.10. The molecule has 26 heavy (non-hydrogen) atoms. The molecule has 5 heteroatoms. The Hall–Kier alpha value is -2.66. The van der Waals surface area contributed by atoms with Crippen LogP contribution in [0.25, 0.3) is 0 Å². The van der Waals surface area contributed by atoms with Crippen LogP contribution in [0, 0.1) is 10.8 Å². The first-order chi connectivity index (χ1) is 12.6. The van der Waals surface area contributed by atoms with E-state index in [2.05, 4.69) is 17.4 Å². The van der Waals surface area contributed by atoms with Crippen LogP contribution in [0.3, 0.4) is 0 Å². The van der Waals surface area contributed by atoms with Gasteiger partial charge in [0.05, 0.1) is 0 Å². The number of nitrogens with one attached hydrogen (secondary N) is 3. The van der Waals surface area contributed by atoms with Gasteiger partial charge in [0, 0.05) is 17.7 Å². The van der Waals surface area contributed by atoms with Crippen LogP contribution in [0.2, 0.25) is 0 Å². The maximum absolute atomic E-state index is 7.39. The molecule has 2 aromatic rings. The molecule has 0 aromatic heterocycles. The number of aryl methyl sites for hydroxylation is 1. The van der Waals surface area contributed by atoms with Gasteiger partial charge in [-0.05, 0) is 36.9 Å². The van der Waals surface area contributed by atoms with E-state index in [9.17, 15) is 0 Å². The Morgan fingerprint density at radius 3 is 1.73 bits per heavy atom. The maximum atomic E-state index is 7.39. The highest BCUT2D eigenvalue weighted by atomic mass is 14.8. The summed E-state index contributed by atoms with van der Waals surface area (Å²) in [6.45, 7) is 1.86. The molecule has 138 valence electrons. The second-order valence-electron chi connectivity index (χ2n) is 6.56. The van der Waals surface area contributed by atoms with Crippen LogP contribution in [-0.2, 0) is 13.0 Å². The number of hydrogen-bond donors (Lipinski definition) is 5. The maximum Gasteiger partial charge on any atom is 0.122 e. The van der Waals surface area contributed by atoms with E-state index < -0.39 is 0 Å². The molecule has 0 aliphatic carbocycles. The number of hydrogen-bond acceptors (Lipinski definition) is 3. The highest BCUT2D eigenvalue weighted by molar-refractivity contribution is 5.95. The molecule has 0 aliphatic heterocycles. The molecule has 0 bridgehead atoms. The third kappa shape index (κ3) is 6.69. The van der Waals surface area contributed by atoms with Gasteiger partial charge < -0.3 is 16.8 Å². The van der Waals surface area contributed by atoms with Gasteiger partial charge in [-0.25, -0.2) is 0 Å². The van der Waals surface area contributed by atoms with Gasteiger partial charge in [-0.15, -0.1) is 0 Å². The average Bonchev–Trinajstić information content (AvgIpc) is 2.64. The molecule has 0 saturated heterocycles. The first-order valence-electron chi connectivity index (χ1n) is 9.13. The number of amidine groups is 2. The van der Waals surface area contributed by atoms with Gasteiger partial charge in [-0.1, -0.05) is 61.4 Å². The number of rotatable bonds is 11. The summed E-state index contributed by atoms with van der Waals surface area (Å²) in [6.07, 6.45) is 5.89. The van der Waals surface area contributed by atoms with Crippen LogP contribution in [-0.4, -0.2) is 18.2 Å². The van der Waals surface area contributed by atoms with Crippen molar-refractivity contribution < 1.29 is 0 Å². The van der Waals surface area contributed by atoms with Crippen molar-refractivity contribution in [3.05, 3.63) is 70.8 Å². The minimum absolute atomic E-state index is 0.110. The summed E-state index contributed by atoms with van der Waals surface area (Å²) < 4.78 is 0. The van der Waals surface area contributed by atoms with Crippen molar-refractivity contribution in [2.45, 2.75) is 38.6 Å². The Kier molecular flexibility index (Phi) is 7.83. The second kappa shape index (κ2) is 10.4. The molecular weight excluding hydrogens is 322 g/mol. The first kappa shape index (κ1) is 19.7. The van der Waals surface area contributed by atoms with Crippen LogP contribution in [0.1, 0.15) is 47.9 Å². The summed E-state index contributed by atoms with van der Waals surface area (Å²) in [4.78, 5) is 0. The number of nitrogen functional groups attached to an aromatic ring is 2. The number of unbranched alkanes of at least 4 members (excludes halogenated alkanes) is 3. The van der Waals surface area contributed by atoms with Crippen molar-refractivity contribution in [1.29, 1.82) is 10.8 Å². The molecule has 7 N–H and O–H groups in total. The molecule has 2 aromatic carbocycles. The fourth-order valence-electron chi connectivity index (χ4n) is 2.82. The van der Waals surface area contributed by atoms with Crippen molar-refractivity contribution in [3.63, 3.8) is 0 Å². The lowest BCUT2D eigenvalue weighted by atomic mass is 10.0. The third-order valence-corrected chi connectivity index (χ3v) is 4.43. The van der Waals surface area contributed by atoms with Gasteiger partial charge in [0.1, 0.15) is 11.7 Å². The second-order valence-corrected chi connectivity index (χ2v) is 6.56. The molecule has 0 saturated carbocycles. The molecule has 5 nitrogen and oxygen atoms in total. The van der Waals surface area contributed by atoms with Crippen LogP contribution in [0.15, 0.2) is 48.5 Å². The van der Waals surface area contributed by atoms with E-state index in [1.54, 1.807) is 0 Å². The first-order valence-corrected chi connectivity index (χ1v) is 9.13. The number of benzene rings is 2. The molecule has 0 amide bonds. The summed E-state index contributed by atoms with van der Waals surface area (Å²) >= 11 is 0. The van der Waals surface area contributed by atoms with Crippen LogP contribution in [0.4, 0.5) is 0 Å². The Labute approximate surface area is 155 Å². The van der Waals surface area contributed by atoms with E-state index >= 15 is 0 Å². The quantitative estimate of drug-likeness (QED) is 0.243. The highest BCUT2D eigenvalue weighted by Gasteiger charge is 1.99. The van der Waals surface area contributed by atoms with Crippen LogP contribution >= 0.6 is 0 Å². The van der Waals surface area contributed by atoms with E-state index in [1.165, 1.54) is 36.8 Å². The largest absolute Gasteiger partial charge is 0.384 e. The minimum atomic E-state index is 0.110. The lowest BCUT2D eigenvalue weighted by Gasteiger charge is -2.06. The molecule has 0 atom stereocenters. The molecule has 0 radical (unpaired) electrons. The molecule has 0 spiro atoms. The van der Waals surface area contributed by atoms with Crippen molar-refractivity contribution >= 4 is 11.7 Å². The standard InChI is InChI=1S/C21H29N5/c22-20(23)18-10-6-16(7-11-18)5-3-1-2-4-14-26-15-17-8-12-19(13-9-17)21(24)25/h6-13,26H,1-5,14-15H2,(H3,22,23)(H3,24,25). The normalized spacial score (nSPS) is 10.6. The Bertz CT molecular complexity index is 641. The third-order valence-electron chi connectivity index (χ3n) is 4.43. The van der Waals surface area contributed by atoms with Gasteiger partial charge in [0.25, 0.3) is 0 Å². The van der Waals surface area contributed by atoms with E-state index in [1.807, 2.05) is 36.4 Å². The molecule has 0 heterocycles. The zero-order valence-electron chi connectivity index (χ0n) is 15.2. The minimum Gasteiger partial charge on any atom is -0.384 e. The average molecular weight is 351 g/mol. The molecule has 0 unspecified atom stereocenters. The van der Waals surface area contributed by atoms with Gasteiger partial charge in [-0.3, -0.25) is 10.8 Å². The Morgan fingerprint density at radius 2 is 1.19 bits per heavy atom.